The molecular formula is C25H30N2O2S. The van der Waals surface area contributed by atoms with Gasteiger partial charge < -0.3 is 9.80 Å². The molecule has 0 saturated carbocycles. The number of carbonyl (C=O) groups excluding carboxylic acids is 2. The molecule has 0 radical (unpaired) electrons. The fraction of sp³-hybridized carbons (Fsp3) is 0.440. The molecule has 1 amide bonds. The van der Waals surface area contributed by atoms with E-state index in [9.17, 15) is 9.59 Å². The van der Waals surface area contributed by atoms with Crippen molar-refractivity contribution in [1.82, 2.24) is 9.80 Å². The summed E-state index contributed by atoms with van der Waals surface area (Å²) in [7, 11) is 0. The van der Waals surface area contributed by atoms with E-state index in [1.54, 1.807) is 6.07 Å². The highest BCUT2D eigenvalue weighted by Gasteiger charge is 2.30. The molecule has 30 heavy (non-hydrogen) atoms. The van der Waals surface area contributed by atoms with Crippen LogP contribution in [0.25, 0.3) is 0 Å². The van der Waals surface area contributed by atoms with E-state index in [4.69, 9.17) is 0 Å². The summed E-state index contributed by atoms with van der Waals surface area (Å²) >= 11 is 1.95. The van der Waals surface area contributed by atoms with Crippen molar-refractivity contribution >= 4 is 23.5 Å². The molecule has 4 nitrogen and oxygen atoms in total. The van der Waals surface area contributed by atoms with Gasteiger partial charge in [0.25, 0.3) is 5.91 Å². The van der Waals surface area contributed by atoms with Gasteiger partial charge in [-0.15, -0.1) is 0 Å². The van der Waals surface area contributed by atoms with Crippen molar-refractivity contribution in [1.29, 1.82) is 0 Å². The van der Waals surface area contributed by atoms with Crippen molar-refractivity contribution < 1.29 is 9.59 Å². The van der Waals surface area contributed by atoms with Crippen LogP contribution in [0.5, 0.6) is 0 Å². The summed E-state index contributed by atoms with van der Waals surface area (Å²) < 4.78 is 0. The van der Waals surface area contributed by atoms with Gasteiger partial charge in [-0.2, -0.15) is 11.8 Å². The zero-order valence-corrected chi connectivity index (χ0v) is 18.3. The summed E-state index contributed by atoms with van der Waals surface area (Å²) in [6.45, 7) is 3.96. The molecule has 5 heteroatoms. The zero-order chi connectivity index (χ0) is 20.8. The largest absolute Gasteiger partial charge is 0.333 e. The molecule has 2 aromatic rings. The van der Waals surface area contributed by atoms with Gasteiger partial charge in [-0.25, -0.2) is 0 Å². The molecule has 0 N–H and O–H groups in total. The monoisotopic (exact) mass is 422 g/mol. The van der Waals surface area contributed by atoms with Gasteiger partial charge in [0.2, 0.25) is 0 Å². The van der Waals surface area contributed by atoms with Crippen LogP contribution in [0, 0.1) is 0 Å². The highest BCUT2D eigenvalue weighted by atomic mass is 32.2. The van der Waals surface area contributed by atoms with E-state index in [0.717, 1.165) is 44.1 Å². The van der Waals surface area contributed by atoms with Crippen molar-refractivity contribution in [2.75, 3.05) is 37.7 Å². The van der Waals surface area contributed by atoms with Crippen LogP contribution < -0.4 is 0 Å². The lowest BCUT2D eigenvalue weighted by Crippen LogP contribution is -2.49. The number of amides is 1. The van der Waals surface area contributed by atoms with Crippen molar-refractivity contribution in [2.45, 2.75) is 31.7 Å². The Bertz CT molecular complexity index is 864. The molecule has 2 saturated heterocycles. The highest BCUT2D eigenvalue weighted by molar-refractivity contribution is 7.99. The van der Waals surface area contributed by atoms with Crippen LogP contribution in [-0.4, -0.2) is 65.2 Å². The smallest absolute Gasteiger partial charge is 0.254 e. The number of nitrogens with zero attached hydrogens (tertiary/aromatic N) is 2. The lowest BCUT2D eigenvalue weighted by atomic mass is 9.97. The molecule has 2 fully saturated rings. The first-order valence-electron chi connectivity index (χ1n) is 11.0. The van der Waals surface area contributed by atoms with Crippen molar-refractivity contribution in [3.63, 3.8) is 0 Å². The van der Waals surface area contributed by atoms with E-state index in [2.05, 4.69) is 4.90 Å². The topological polar surface area (TPSA) is 40.6 Å². The number of carbonyl (C=O) groups is 2. The number of rotatable bonds is 5. The Kier molecular flexibility index (Phi) is 7.24. The molecule has 0 aromatic heterocycles. The maximum atomic E-state index is 13.7. The van der Waals surface area contributed by atoms with Crippen molar-refractivity contribution in [3.8, 4) is 0 Å². The molecule has 0 aliphatic carbocycles. The Morgan fingerprint density at radius 1 is 0.833 bits per heavy atom. The van der Waals surface area contributed by atoms with Crippen LogP contribution in [0.15, 0.2) is 54.6 Å². The van der Waals surface area contributed by atoms with E-state index >= 15 is 0 Å². The van der Waals surface area contributed by atoms with Gasteiger partial charge >= 0.3 is 0 Å². The number of likely N-dealkylation sites (tertiary alicyclic amines) is 1. The standard InChI is InChI=1S/C25H30N2O2S/c28-24(20-10-3-1-4-11-20)22-12-5-6-13-23(22)25(29)27-16-9-17-30-19-21(27)18-26-14-7-2-8-15-26/h1,3-6,10-13,21H,2,7-9,14-19H2. The first-order chi connectivity index (χ1) is 14.7. The lowest BCUT2D eigenvalue weighted by molar-refractivity contribution is 0.0642. The van der Waals surface area contributed by atoms with Gasteiger partial charge in [0.15, 0.2) is 5.78 Å². The summed E-state index contributed by atoms with van der Waals surface area (Å²) in [5.74, 6) is 1.97. The summed E-state index contributed by atoms with van der Waals surface area (Å²) in [4.78, 5) is 31.4. The van der Waals surface area contributed by atoms with Gasteiger partial charge in [-0.05, 0) is 44.2 Å². The summed E-state index contributed by atoms with van der Waals surface area (Å²) in [6.07, 6.45) is 4.82. The Labute approximate surface area is 183 Å². The minimum Gasteiger partial charge on any atom is -0.333 e. The van der Waals surface area contributed by atoms with Crippen LogP contribution in [0.3, 0.4) is 0 Å². The number of thioether (sulfide) groups is 1. The normalized spacial score (nSPS) is 20.5. The zero-order valence-electron chi connectivity index (χ0n) is 17.5. The molecular weight excluding hydrogens is 392 g/mol. The van der Waals surface area contributed by atoms with Gasteiger partial charge in [0.05, 0.1) is 11.6 Å². The van der Waals surface area contributed by atoms with Gasteiger partial charge in [-0.3, -0.25) is 9.59 Å². The Hall–Kier alpha value is -2.11. The van der Waals surface area contributed by atoms with E-state index in [-0.39, 0.29) is 17.7 Å². The third-order valence-corrected chi connectivity index (χ3v) is 7.25. The summed E-state index contributed by atoms with van der Waals surface area (Å²) in [5.41, 5.74) is 1.65. The minimum atomic E-state index is -0.0867. The fourth-order valence-corrected chi connectivity index (χ4v) is 5.51. The highest BCUT2D eigenvalue weighted by Crippen LogP contribution is 2.23. The van der Waals surface area contributed by atoms with Crippen molar-refractivity contribution in [3.05, 3.63) is 71.3 Å². The molecule has 158 valence electrons. The van der Waals surface area contributed by atoms with Gasteiger partial charge in [0, 0.05) is 30.0 Å². The molecule has 0 bridgehead atoms. The van der Waals surface area contributed by atoms with E-state index in [1.165, 1.54) is 19.3 Å². The SMILES string of the molecule is O=C(c1ccccc1)c1ccccc1C(=O)N1CCCSCC1CN1CCCCC1. The predicted octanol–water partition coefficient (Wildman–Crippen LogP) is 4.35. The molecule has 2 aliphatic heterocycles. The second-order valence-corrected chi connectivity index (χ2v) is 9.33. The Morgan fingerprint density at radius 3 is 2.30 bits per heavy atom. The van der Waals surface area contributed by atoms with Crippen LogP contribution in [0.2, 0.25) is 0 Å². The molecule has 0 spiro atoms. The molecule has 2 aliphatic rings. The Balaban J connectivity index is 1.59. The van der Waals surface area contributed by atoms with Gasteiger partial charge in [0.1, 0.15) is 0 Å². The number of ketones is 1. The van der Waals surface area contributed by atoms with Crippen LogP contribution in [0.4, 0.5) is 0 Å². The van der Waals surface area contributed by atoms with Crippen LogP contribution in [0.1, 0.15) is 52.0 Å². The van der Waals surface area contributed by atoms with E-state index in [0.29, 0.717) is 16.7 Å². The third-order valence-electron chi connectivity index (χ3n) is 6.06. The average Bonchev–Trinajstić information content (AvgIpc) is 3.05. The third kappa shape index (κ3) is 4.96. The van der Waals surface area contributed by atoms with E-state index in [1.807, 2.05) is 65.2 Å². The number of hydrogen-bond acceptors (Lipinski definition) is 4. The number of piperidine rings is 1. The van der Waals surface area contributed by atoms with E-state index < -0.39 is 0 Å². The maximum absolute atomic E-state index is 13.7. The maximum Gasteiger partial charge on any atom is 0.254 e. The summed E-state index contributed by atoms with van der Waals surface area (Å²) in [5, 5.41) is 0. The fourth-order valence-electron chi connectivity index (χ4n) is 4.45. The van der Waals surface area contributed by atoms with Crippen LogP contribution >= 0.6 is 11.8 Å². The molecule has 2 aromatic carbocycles. The second kappa shape index (κ2) is 10.3. The number of hydrogen-bond donors (Lipinski definition) is 0. The molecule has 4 rings (SSSR count). The molecule has 1 unspecified atom stereocenters. The predicted molar refractivity (Wildman–Crippen MR) is 123 cm³/mol. The number of benzene rings is 2. The quantitative estimate of drug-likeness (QED) is 0.672. The summed E-state index contributed by atoms with van der Waals surface area (Å²) in [6, 6.07) is 16.7. The van der Waals surface area contributed by atoms with Crippen LogP contribution in [-0.2, 0) is 0 Å². The average molecular weight is 423 g/mol. The lowest BCUT2D eigenvalue weighted by Gasteiger charge is -2.36. The van der Waals surface area contributed by atoms with Crippen molar-refractivity contribution in [2.24, 2.45) is 0 Å². The Morgan fingerprint density at radius 2 is 1.53 bits per heavy atom. The molecule has 2 heterocycles. The minimum absolute atomic E-state index is 0.000564. The second-order valence-electron chi connectivity index (χ2n) is 8.18. The first kappa shape index (κ1) is 21.1. The molecule has 1 atom stereocenters. The van der Waals surface area contributed by atoms with Gasteiger partial charge in [-0.1, -0.05) is 55.0 Å². The first-order valence-corrected chi connectivity index (χ1v) is 12.2.